The van der Waals surface area contributed by atoms with Crippen LogP contribution in [-0.4, -0.2) is 12.6 Å². The van der Waals surface area contributed by atoms with Gasteiger partial charge in [-0.15, -0.1) is 0 Å². The Kier molecular flexibility index (Phi) is 5.01. The Morgan fingerprint density at radius 3 is 2.24 bits per heavy atom. The van der Waals surface area contributed by atoms with Gasteiger partial charge < -0.3 is 10.5 Å². The zero-order valence-corrected chi connectivity index (χ0v) is 11.5. The Balaban J connectivity index is 2.46. The van der Waals surface area contributed by atoms with Crippen LogP contribution in [0.1, 0.15) is 46.1 Å². The number of benzene rings is 1. The third-order valence-electron chi connectivity index (χ3n) is 3.00. The first-order valence-electron chi connectivity index (χ1n) is 6.42. The summed E-state index contributed by atoms with van der Waals surface area (Å²) in [5, 5.41) is 0. The van der Waals surface area contributed by atoms with Crippen LogP contribution in [0.4, 0.5) is 0 Å². The zero-order valence-electron chi connectivity index (χ0n) is 11.5. The van der Waals surface area contributed by atoms with Gasteiger partial charge in [-0.3, -0.25) is 0 Å². The maximum absolute atomic E-state index is 5.84. The maximum atomic E-state index is 5.84. The molecule has 17 heavy (non-hydrogen) atoms. The fraction of sp³-hybridized carbons (Fsp3) is 0.600. The van der Waals surface area contributed by atoms with Crippen LogP contribution in [0.5, 0.6) is 5.75 Å². The van der Waals surface area contributed by atoms with Crippen molar-refractivity contribution in [3.8, 4) is 5.75 Å². The monoisotopic (exact) mass is 235 g/mol. The van der Waals surface area contributed by atoms with E-state index in [1.807, 2.05) is 12.1 Å². The van der Waals surface area contributed by atoms with E-state index in [4.69, 9.17) is 10.5 Å². The lowest BCUT2D eigenvalue weighted by molar-refractivity contribution is 0.296. The van der Waals surface area contributed by atoms with E-state index in [9.17, 15) is 0 Å². The summed E-state index contributed by atoms with van der Waals surface area (Å²) in [5.74, 6) is 0.932. The minimum absolute atomic E-state index is 0.198. The Labute approximate surface area is 105 Å². The molecule has 0 amide bonds. The lowest BCUT2D eigenvalue weighted by Crippen LogP contribution is -2.21. The van der Waals surface area contributed by atoms with Crippen LogP contribution in [0.3, 0.4) is 0 Å². The molecule has 2 N–H and O–H groups in total. The summed E-state index contributed by atoms with van der Waals surface area (Å²) in [7, 11) is 0. The van der Waals surface area contributed by atoms with Crippen LogP contribution >= 0.6 is 0 Å². The normalized spacial score (nSPS) is 13.5. The van der Waals surface area contributed by atoms with E-state index >= 15 is 0 Å². The topological polar surface area (TPSA) is 35.2 Å². The molecule has 0 aliphatic rings. The molecule has 0 aromatic heterocycles. The van der Waals surface area contributed by atoms with E-state index in [0.29, 0.717) is 6.61 Å². The molecule has 1 aromatic carbocycles. The molecule has 0 heterocycles. The quantitative estimate of drug-likeness (QED) is 0.848. The van der Waals surface area contributed by atoms with E-state index < -0.39 is 0 Å². The summed E-state index contributed by atoms with van der Waals surface area (Å²) in [5.41, 5.74) is 7.36. The second kappa shape index (κ2) is 6.06. The Bertz CT molecular complexity index is 324. The first-order chi connectivity index (χ1) is 7.93. The van der Waals surface area contributed by atoms with Crippen LogP contribution in [0, 0.1) is 0 Å². The second-order valence-electron chi connectivity index (χ2n) is 5.58. The number of rotatable bonds is 5. The van der Waals surface area contributed by atoms with Crippen molar-refractivity contribution in [1.82, 2.24) is 0 Å². The van der Waals surface area contributed by atoms with Crippen molar-refractivity contribution < 1.29 is 4.74 Å². The smallest absolute Gasteiger partial charge is 0.119 e. The van der Waals surface area contributed by atoms with E-state index in [0.717, 1.165) is 18.6 Å². The van der Waals surface area contributed by atoms with E-state index in [2.05, 4.69) is 39.8 Å². The average Bonchev–Trinajstić information content (AvgIpc) is 2.28. The minimum Gasteiger partial charge on any atom is -0.494 e. The van der Waals surface area contributed by atoms with Gasteiger partial charge in [0.05, 0.1) is 6.61 Å². The van der Waals surface area contributed by atoms with Crippen molar-refractivity contribution in [3.05, 3.63) is 29.8 Å². The highest BCUT2D eigenvalue weighted by atomic mass is 16.5. The molecular weight excluding hydrogens is 210 g/mol. The lowest BCUT2D eigenvalue weighted by atomic mass is 9.87. The van der Waals surface area contributed by atoms with Gasteiger partial charge in [-0.05, 0) is 36.0 Å². The molecule has 1 unspecified atom stereocenters. The summed E-state index contributed by atoms with van der Waals surface area (Å²) >= 11 is 0. The molecule has 0 radical (unpaired) electrons. The third-order valence-corrected chi connectivity index (χ3v) is 3.00. The first kappa shape index (κ1) is 14.0. The van der Waals surface area contributed by atoms with Gasteiger partial charge >= 0.3 is 0 Å². The molecule has 1 atom stereocenters. The Morgan fingerprint density at radius 2 is 1.76 bits per heavy atom. The molecule has 1 aromatic rings. The first-order valence-corrected chi connectivity index (χ1v) is 6.42. The summed E-state index contributed by atoms with van der Waals surface area (Å²) in [6.07, 6.45) is 1.92. The van der Waals surface area contributed by atoms with Crippen LogP contribution < -0.4 is 10.5 Å². The fourth-order valence-corrected chi connectivity index (χ4v) is 1.58. The largest absolute Gasteiger partial charge is 0.494 e. The van der Waals surface area contributed by atoms with Crippen molar-refractivity contribution in [2.24, 2.45) is 5.73 Å². The lowest BCUT2D eigenvalue weighted by Gasteiger charge is -2.19. The van der Waals surface area contributed by atoms with Gasteiger partial charge in [-0.2, -0.15) is 0 Å². The number of hydrogen-bond acceptors (Lipinski definition) is 2. The molecule has 0 aliphatic heterocycles. The highest BCUT2D eigenvalue weighted by molar-refractivity contribution is 5.31. The highest BCUT2D eigenvalue weighted by Crippen LogP contribution is 2.24. The predicted molar refractivity (Wildman–Crippen MR) is 73.5 cm³/mol. The third kappa shape index (κ3) is 4.78. The minimum atomic E-state index is 0.198. The van der Waals surface area contributed by atoms with Gasteiger partial charge in [0.2, 0.25) is 0 Å². The fourth-order valence-electron chi connectivity index (χ4n) is 1.58. The van der Waals surface area contributed by atoms with Crippen molar-refractivity contribution in [3.63, 3.8) is 0 Å². The number of nitrogens with two attached hydrogens (primary N) is 1. The molecule has 2 heteroatoms. The van der Waals surface area contributed by atoms with Gasteiger partial charge in [0.25, 0.3) is 0 Å². The SMILES string of the molecule is CCC(N)CCOc1ccc(C(C)(C)C)cc1. The molecule has 0 spiro atoms. The van der Waals surface area contributed by atoms with E-state index in [-0.39, 0.29) is 11.5 Å². The van der Waals surface area contributed by atoms with Crippen LogP contribution in [0.2, 0.25) is 0 Å². The number of hydrogen-bond donors (Lipinski definition) is 1. The average molecular weight is 235 g/mol. The van der Waals surface area contributed by atoms with Gasteiger partial charge in [0.1, 0.15) is 5.75 Å². The van der Waals surface area contributed by atoms with Crippen molar-refractivity contribution in [2.75, 3.05) is 6.61 Å². The molecule has 2 nitrogen and oxygen atoms in total. The molecule has 96 valence electrons. The number of ether oxygens (including phenoxy) is 1. The Morgan fingerprint density at radius 1 is 1.18 bits per heavy atom. The van der Waals surface area contributed by atoms with Gasteiger partial charge in [0, 0.05) is 6.04 Å². The van der Waals surface area contributed by atoms with Crippen LogP contribution in [-0.2, 0) is 5.41 Å². The molecule has 1 rings (SSSR count). The van der Waals surface area contributed by atoms with Gasteiger partial charge in [-0.25, -0.2) is 0 Å². The van der Waals surface area contributed by atoms with E-state index in [1.165, 1.54) is 5.56 Å². The zero-order chi connectivity index (χ0) is 12.9. The molecule has 0 saturated carbocycles. The summed E-state index contributed by atoms with van der Waals surface area (Å²) in [6.45, 7) is 9.43. The maximum Gasteiger partial charge on any atom is 0.119 e. The molecule has 0 bridgehead atoms. The van der Waals surface area contributed by atoms with Crippen LogP contribution in [0.25, 0.3) is 0 Å². The standard InChI is InChI=1S/C15H25NO/c1-5-13(16)10-11-17-14-8-6-12(7-9-14)15(2,3)4/h6-9,13H,5,10-11,16H2,1-4H3. The van der Waals surface area contributed by atoms with Crippen molar-refractivity contribution >= 4 is 0 Å². The second-order valence-corrected chi connectivity index (χ2v) is 5.58. The van der Waals surface area contributed by atoms with E-state index in [1.54, 1.807) is 0 Å². The molecule has 0 fully saturated rings. The predicted octanol–water partition coefficient (Wildman–Crippen LogP) is 3.49. The van der Waals surface area contributed by atoms with Crippen LogP contribution in [0.15, 0.2) is 24.3 Å². The van der Waals surface area contributed by atoms with Crippen molar-refractivity contribution in [2.45, 2.75) is 52.0 Å². The van der Waals surface area contributed by atoms with Gasteiger partial charge in [-0.1, -0.05) is 39.8 Å². The van der Waals surface area contributed by atoms with Gasteiger partial charge in [0.15, 0.2) is 0 Å². The molecular formula is C15H25NO. The summed E-state index contributed by atoms with van der Waals surface area (Å²) in [6, 6.07) is 8.60. The molecule has 0 saturated heterocycles. The Hall–Kier alpha value is -1.02. The molecule has 0 aliphatic carbocycles. The van der Waals surface area contributed by atoms with Crippen molar-refractivity contribution in [1.29, 1.82) is 0 Å². The summed E-state index contributed by atoms with van der Waals surface area (Å²) in [4.78, 5) is 0. The summed E-state index contributed by atoms with van der Waals surface area (Å²) < 4.78 is 5.67. The highest BCUT2D eigenvalue weighted by Gasteiger charge is 2.12.